The average molecular weight is 270 g/mol. The standard InChI is InChI=1S/C11H14N2O2S2/c1-3-15-11(14)13-10(16)12-8-5-4-6-9(7-8)17-2/h4-7H,3H2,1-2H3,(H2,12,13,14,16). The zero-order chi connectivity index (χ0) is 12.7. The van der Waals surface area contributed by atoms with Gasteiger partial charge in [-0.2, -0.15) is 0 Å². The van der Waals surface area contributed by atoms with Gasteiger partial charge in [-0.3, -0.25) is 5.32 Å². The molecule has 0 radical (unpaired) electrons. The number of carbonyl (C=O) groups is 1. The lowest BCUT2D eigenvalue weighted by Crippen LogP contribution is -2.34. The normalized spacial score (nSPS) is 9.53. The number of alkyl carbamates (subject to hydrolysis) is 1. The van der Waals surface area contributed by atoms with Crippen molar-refractivity contribution < 1.29 is 9.53 Å². The fraction of sp³-hybridized carbons (Fsp3) is 0.273. The summed E-state index contributed by atoms with van der Waals surface area (Å²) < 4.78 is 4.71. The lowest BCUT2D eigenvalue weighted by molar-refractivity contribution is 0.158. The average Bonchev–Trinajstić information content (AvgIpc) is 2.29. The summed E-state index contributed by atoms with van der Waals surface area (Å²) >= 11 is 6.61. The molecular weight excluding hydrogens is 256 g/mol. The van der Waals surface area contributed by atoms with Gasteiger partial charge in [0, 0.05) is 10.6 Å². The number of hydrogen-bond donors (Lipinski definition) is 2. The molecule has 0 fully saturated rings. The van der Waals surface area contributed by atoms with Gasteiger partial charge in [-0.1, -0.05) is 6.07 Å². The highest BCUT2D eigenvalue weighted by atomic mass is 32.2. The van der Waals surface area contributed by atoms with Crippen molar-refractivity contribution in [3.05, 3.63) is 24.3 Å². The third-order valence-electron chi connectivity index (χ3n) is 1.82. The van der Waals surface area contributed by atoms with Crippen molar-refractivity contribution in [2.75, 3.05) is 18.2 Å². The predicted molar refractivity (Wildman–Crippen MR) is 74.6 cm³/mol. The topological polar surface area (TPSA) is 50.4 Å². The van der Waals surface area contributed by atoms with Crippen molar-refractivity contribution in [1.82, 2.24) is 5.32 Å². The Morgan fingerprint density at radius 3 is 2.94 bits per heavy atom. The lowest BCUT2D eigenvalue weighted by atomic mass is 10.3. The molecule has 0 bridgehead atoms. The van der Waals surface area contributed by atoms with Crippen molar-refractivity contribution in [2.45, 2.75) is 11.8 Å². The van der Waals surface area contributed by atoms with Gasteiger partial charge in [0.25, 0.3) is 0 Å². The van der Waals surface area contributed by atoms with Gasteiger partial charge in [-0.15, -0.1) is 11.8 Å². The molecule has 1 rings (SSSR count). The number of ether oxygens (including phenoxy) is 1. The molecule has 2 N–H and O–H groups in total. The van der Waals surface area contributed by atoms with Crippen LogP contribution < -0.4 is 10.6 Å². The Labute approximate surface area is 110 Å². The van der Waals surface area contributed by atoms with E-state index >= 15 is 0 Å². The number of benzene rings is 1. The highest BCUT2D eigenvalue weighted by molar-refractivity contribution is 7.98. The van der Waals surface area contributed by atoms with Gasteiger partial charge in [0.2, 0.25) is 0 Å². The van der Waals surface area contributed by atoms with Crippen molar-refractivity contribution in [3.8, 4) is 0 Å². The van der Waals surface area contributed by atoms with Gasteiger partial charge in [0.15, 0.2) is 5.11 Å². The van der Waals surface area contributed by atoms with Gasteiger partial charge in [0.1, 0.15) is 0 Å². The van der Waals surface area contributed by atoms with E-state index in [1.54, 1.807) is 18.7 Å². The monoisotopic (exact) mass is 270 g/mol. The van der Waals surface area contributed by atoms with Crippen LogP contribution in [0.15, 0.2) is 29.2 Å². The molecule has 0 spiro atoms. The van der Waals surface area contributed by atoms with Gasteiger partial charge in [-0.25, -0.2) is 4.79 Å². The van der Waals surface area contributed by atoms with Crippen LogP contribution in [-0.4, -0.2) is 24.1 Å². The van der Waals surface area contributed by atoms with Gasteiger partial charge >= 0.3 is 6.09 Å². The molecule has 17 heavy (non-hydrogen) atoms. The summed E-state index contributed by atoms with van der Waals surface area (Å²) in [6.07, 6.45) is 1.44. The van der Waals surface area contributed by atoms with Crippen LogP contribution in [0.5, 0.6) is 0 Å². The minimum atomic E-state index is -0.550. The number of thioether (sulfide) groups is 1. The molecule has 0 atom stereocenters. The molecule has 0 saturated carbocycles. The zero-order valence-electron chi connectivity index (χ0n) is 9.65. The van der Waals surface area contributed by atoms with Crippen LogP contribution in [0.4, 0.5) is 10.5 Å². The van der Waals surface area contributed by atoms with E-state index in [0.717, 1.165) is 10.6 Å². The Balaban J connectivity index is 2.52. The summed E-state index contributed by atoms with van der Waals surface area (Å²) in [5, 5.41) is 5.56. The molecule has 6 heteroatoms. The van der Waals surface area contributed by atoms with Gasteiger partial charge < -0.3 is 10.1 Å². The van der Waals surface area contributed by atoms with E-state index in [9.17, 15) is 4.79 Å². The maximum absolute atomic E-state index is 11.1. The molecule has 0 aliphatic heterocycles. The largest absolute Gasteiger partial charge is 0.450 e. The number of rotatable bonds is 3. The Morgan fingerprint density at radius 2 is 2.29 bits per heavy atom. The first-order valence-corrected chi connectivity index (χ1v) is 6.67. The molecule has 0 aliphatic carbocycles. The van der Waals surface area contributed by atoms with Crippen LogP contribution in [0, 0.1) is 0 Å². The van der Waals surface area contributed by atoms with Crippen LogP contribution in [0.25, 0.3) is 0 Å². The highest BCUT2D eigenvalue weighted by Gasteiger charge is 2.04. The minimum Gasteiger partial charge on any atom is -0.450 e. The highest BCUT2D eigenvalue weighted by Crippen LogP contribution is 2.18. The molecule has 1 amide bonds. The summed E-state index contributed by atoms with van der Waals surface area (Å²) in [5.74, 6) is 0. The Morgan fingerprint density at radius 1 is 1.53 bits per heavy atom. The SMILES string of the molecule is CCOC(=O)NC(=S)Nc1cccc(SC)c1. The number of nitrogens with one attached hydrogen (secondary N) is 2. The maximum Gasteiger partial charge on any atom is 0.413 e. The van der Waals surface area contributed by atoms with Crippen molar-refractivity contribution in [2.24, 2.45) is 0 Å². The molecule has 0 heterocycles. The third-order valence-corrected chi connectivity index (χ3v) is 2.75. The number of amides is 1. The van der Waals surface area contributed by atoms with Crippen LogP contribution in [-0.2, 0) is 4.74 Å². The molecule has 0 aliphatic rings. The third kappa shape index (κ3) is 5.06. The number of anilines is 1. The van der Waals surface area contributed by atoms with Crippen LogP contribution in [0.3, 0.4) is 0 Å². The molecule has 4 nitrogen and oxygen atoms in total. The second-order valence-corrected chi connectivity index (χ2v) is 4.32. The second kappa shape index (κ2) is 7.13. The molecule has 0 unspecified atom stereocenters. The van der Waals surface area contributed by atoms with Crippen LogP contribution >= 0.6 is 24.0 Å². The Kier molecular flexibility index (Phi) is 5.79. The van der Waals surface area contributed by atoms with E-state index in [2.05, 4.69) is 10.6 Å². The summed E-state index contributed by atoms with van der Waals surface area (Å²) in [6.45, 7) is 2.05. The molecule has 92 valence electrons. The van der Waals surface area contributed by atoms with Crippen molar-refractivity contribution in [3.63, 3.8) is 0 Å². The molecular formula is C11H14N2O2S2. The number of thiocarbonyl (C=S) groups is 1. The predicted octanol–water partition coefficient (Wildman–Crippen LogP) is 2.85. The zero-order valence-corrected chi connectivity index (χ0v) is 11.3. The smallest absolute Gasteiger partial charge is 0.413 e. The van der Waals surface area contributed by atoms with Gasteiger partial charge in [0.05, 0.1) is 6.61 Å². The first kappa shape index (κ1) is 13.8. The molecule has 0 aromatic heterocycles. The van der Waals surface area contributed by atoms with E-state index in [1.165, 1.54) is 0 Å². The first-order valence-electron chi connectivity index (χ1n) is 5.04. The Hall–Kier alpha value is -1.27. The summed E-state index contributed by atoms with van der Waals surface area (Å²) in [7, 11) is 0. The van der Waals surface area contributed by atoms with E-state index in [0.29, 0.717) is 6.61 Å². The Bertz CT molecular complexity index is 410. The van der Waals surface area contributed by atoms with Gasteiger partial charge in [-0.05, 0) is 43.6 Å². The van der Waals surface area contributed by atoms with Crippen LogP contribution in [0.1, 0.15) is 6.92 Å². The molecule has 1 aromatic rings. The van der Waals surface area contributed by atoms with E-state index in [4.69, 9.17) is 17.0 Å². The fourth-order valence-electron chi connectivity index (χ4n) is 1.12. The maximum atomic E-state index is 11.1. The number of carbonyl (C=O) groups excluding carboxylic acids is 1. The van der Waals surface area contributed by atoms with Crippen LogP contribution in [0.2, 0.25) is 0 Å². The molecule has 0 saturated heterocycles. The minimum absolute atomic E-state index is 0.224. The molecule has 1 aromatic carbocycles. The van der Waals surface area contributed by atoms with Crippen molar-refractivity contribution in [1.29, 1.82) is 0 Å². The van der Waals surface area contributed by atoms with Crippen molar-refractivity contribution >= 4 is 40.9 Å². The fourth-order valence-corrected chi connectivity index (χ4v) is 1.78. The quantitative estimate of drug-likeness (QED) is 0.653. The summed E-state index contributed by atoms with van der Waals surface area (Å²) in [5.41, 5.74) is 0.832. The summed E-state index contributed by atoms with van der Waals surface area (Å²) in [6, 6.07) is 7.74. The second-order valence-electron chi connectivity index (χ2n) is 3.03. The lowest BCUT2D eigenvalue weighted by Gasteiger charge is -2.09. The van der Waals surface area contributed by atoms with E-state index in [-0.39, 0.29) is 5.11 Å². The first-order chi connectivity index (χ1) is 8.15. The van der Waals surface area contributed by atoms with E-state index in [1.807, 2.05) is 30.5 Å². The number of hydrogen-bond acceptors (Lipinski definition) is 4. The summed E-state index contributed by atoms with van der Waals surface area (Å²) in [4.78, 5) is 12.2. The van der Waals surface area contributed by atoms with E-state index < -0.39 is 6.09 Å².